The van der Waals surface area contributed by atoms with E-state index in [2.05, 4.69) is 4.74 Å². The first kappa shape index (κ1) is 14.4. The van der Waals surface area contributed by atoms with Gasteiger partial charge in [0.25, 0.3) is 5.67 Å². The lowest BCUT2D eigenvalue weighted by Gasteiger charge is -2.35. The molecule has 0 saturated carbocycles. The molecule has 0 aliphatic carbocycles. The van der Waals surface area contributed by atoms with Crippen LogP contribution in [0.5, 0.6) is 0 Å². The van der Waals surface area contributed by atoms with Gasteiger partial charge in [0.05, 0.1) is 12.7 Å². The quantitative estimate of drug-likeness (QED) is 0.569. The van der Waals surface area contributed by atoms with Gasteiger partial charge in [-0.3, -0.25) is 0 Å². The predicted molar refractivity (Wildman–Crippen MR) is 35.3 cm³/mol. The van der Waals surface area contributed by atoms with E-state index in [4.69, 9.17) is 0 Å². The Balaban J connectivity index is 3.13. The molecule has 1 fully saturated rings. The van der Waals surface area contributed by atoms with Crippen LogP contribution in [0.1, 0.15) is 6.42 Å². The fourth-order valence-corrected chi connectivity index (χ4v) is 1.15. The van der Waals surface area contributed by atoms with Crippen molar-refractivity contribution in [3.63, 3.8) is 0 Å². The molecule has 0 amide bonds. The summed E-state index contributed by atoms with van der Waals surface area (Å²) in [6, 6.07) is 0. The third-order valence-corrected chi connectivity index (χ3v) is 2.21. The van der Waals surface area contributed by atoms with E-state index in [1.54, 1.807) is 0 Å². The molecule has 17 heavy (non-hydrogen) atoms. The van der Waals surface area contributed by atoms with Crippen molar-refractivity contribution >= 4 is 0 Å². The van der Waals surface area contributed by atoms with Crippen LogP contribution in [0.2, 0.25) is 0 Å². The second-order valence-electron chi connectivity index (χ2n) is 3.53. The summed E-state index contributed by atoms with van der Waals surface area (Å²) in [5.41, 5.74) is -5.68. The smallest absolute Gasteiger partial charge is 0.373 e. The topological polar surface area (TPSA) is 12.5 Å². The van der Waals surface area contributed by atoms with Crippen LogP contribution >= 0.6 is 0 Å². The molecular formula is C7H5F9O. The van der Waals surface area contributed by atoms with E-state index in [0.717, 1.165) is 0 Å². The zero-order valence-corrected chi connectivity index (χ0v) is 7.80. The van der Waals surface area contributed by atoms with Crippen LogP contribution in [0.3, 0.4) is 0 Å². The molecule has 0 aromatic heterocycles. The molecule has 0 aromatic rings. The summed E-state index contributed by atoms with van der Waals surface area (Å²) in [5.74, 6) is -6.52. The predicted octanol–water partition coefficient (Wildman–Crippen LogP) is 3.24. The average molecular weight is 276 g/mol. The van der Waals surface area contributed by atoms with Gasteiger partial charge in [-0.25, -0.2) is 4.39 Å². The van der Waals surface area contributed by atoms with Crippen LogP contribution in [0.4, 0.5) is 39.5 Å². The zero-order valence-electron chi connectivity index (χ0n) is 7.80. The summed E-state index contributed by atoms with van der Waals surface area (Å²) in [5, 5.41) is 0. The Bertz CT molecular complexity index is 289. The molecule has 10 heteroatoms. The molecule has 0 bridgehead atoms. The molecule has 0 unspecified atom stereocenters. The molecule has 0 N–H and O–H groups in total. The third-order valence-electron chi connectivity index (χ3n) is 2.21. The minimum absolute atomic E-state index is 0.477. The van der Waals surface area contributed by atoms with E-state index in [0.29, 0.717) is 0 Å². The Morgan fingerprint density at radius 3 is 1.47 bits per heavy atom. The van der Waals surface area contributed by atoms with Crippen LogP contribution in [0.15, 0.2) is 0 Å². The molecule has 0 aromatic carbocycles. The summed E-state index contributed by atoms with van der Waals surface area (Å²) in [4.78, 5) is 0. The van der Waals surface area contributed by atoms with Crippen molar-refractivity contribution in [3.8, 4) is 0 Å². The third kappa shape index (κ3) is 2.31. The highest BCUT2D eigenvalue weighted by Crippen LogP contribution is 2.55. The Morgan fingerprint density at radius 2 is 1.24 bits per heavy atom. The number of hydrogen-bond acceptors (Lipinski definition) is 1. The van der Waals surface area contributed by atoms with Gasteiger partial charge in [0.2, 0.25) is 0 Å². The first-order valence-corrected chi connectivity index (χ1v) is 4.15. The van der Waals surface area contributed by atoms with E-state index < -0.39 is 43.1 Å². The maximum atomic E-state index is 13.2. The van der Waals surface area contributed by atoms with Gasteiger partial charge >= 0.3 is 18.3 Å². The monoisotopic (exact) mass is 276 g/mol. The number of halogens is 9. The molecule has 1 saturated heterocycles. The largest absolute Gasteiger partial charge is 0.457 e. The minimum atomic E-state index is -6.63. The van der Waals surface area contributed by atoms with E-state index in [1.165, 1.54) is 0 Å². The van der Waals surface area contributed by atoms with Crippen LogP contribution in [-0.4, -0.2) is 36.7 Å². The molecular weight excluding hydrogens is 271 g/mol. The number of ether oxygens (including phenoxy) is 1. The van der Waals surface area contributed by atoms with E-state index in [1.807, 2.05) is 0 Å². The maximum Gasteiger partial charge on any atom is 0.457 e. The fraction of sp³-hybridized carbons (Fsp3) is 1.00. The molecule has 2 atom stereocenters. The number of alkyl halides is 9. The van der Waals surface area contributed by atoms with Crippen molar-refractivity contribution in [1.82, 2.24) is 0 Å². The van der Waals surface area contributed by atoms with Crippen molar-refractivity contribution in [2.45, 2.75) is 36.5 Å². The van der Waals surface area contributed by atoms with Crippen molar-refractivity contribution in [3.05, 3.63) is 0 Å². The van der Waals surface area contributed by atoms with Crippen molar-refractivity contribution in [2.75, 3.05) is 6.61 Å². The van der Waals surface area contributed by atoms with E-state index >= 15 is 0 Å². The lowest BCUT2D eigenvalue weighted by molar-refractivity contribution is -0.385. The molecule has 1 aliphatic heterocycles. The number of epoxide rings is 1. The summed E-state index contributed by atoms with van der Waals surface area (Å²) < 4.78 is 114. The van der Waals surface area contributed by atoms with Crippen LogP contribution in [-0.2, 0) is 4.74 Å². The highest BCUT2D eigenvalue weighted by Gasteiger charge is 2.81. The average Bonchev–Trinajstić information content (AvgIpc) is 2.83. The van der Waals surface area contributed by atoms with Gasteiger partial charge in [-0.15, -0.1) is 0 Å². The Morgan fingerprint density at radius 1 is 0.824 bits per heavy atom. The van der Waals surface area contributed by atoms with E-state index in [-0.39, 0.29) is 0 Å². The minimum Gasteiger partial charge on any atom is -0.373 e. The molecule has 102 valence electrons. The summed E-state index contributed by atoms with van der Waals surface area (Å²) in [6.07, 6.45) is -16.6. The lowest BCUT2D eigenvalue weighted by Crippen LogP contribution is -2.62. The first-order valence-electron chi connectivity index (χ1n) is 4.15. The van der Waals surface area contributed by atoms with Crippen molar-refractivity contribution < 1.29 is 44.3 Å². The van der Waals surface area contributed by atoms with Gasteiger partial charge in [0.1, 0.15) is 0 Å². The Labute approximate surface area is 88.5 Å². The van der Waals surface area contributed by atoms with Gasteiger partial charge in [-0.1, -0.05) is 0 Å². The first-order chi connectivity index (χ1) is 7.33. The molecule has 1 aliphatic rings. The summed E-state index contributed by atoms with van der Waals surface area (Å²) >= 11 is 0. The van der Waals surface area contributed by atoms with Crippen LogP contribution < -0.4 is 0 Å². The maximum absolute atomic E-state index is 13.2. The molecule has 1 rings (SSSR count). The second-order valence-corrected chi connectivity index (χ2v) is 3.53. The molecule has 1 nitrogen and oxygen atoms in total. The molecule has 1 heterocycles. The van der Waals surface area contributed by atoms with Crippen LogP contribution in [0, 0.1) is 0 Å². The summed E-state index contributed by atoms with van der Waals surface area (Å²) in [6.45, 7) is -0.477. The van der Waals surface area contributed by atoms with E-state index in [9.17, 15) is 39.5 Å². The highest BCUT2D eigenvalue weighted by molar-refractivity contribution is 5.06. The number of rotatable bonds is 3. The van der Waals surface area contributed by atoms with Gasteiger partial charge in [0, 0.05) is 6.42 Å². The SMILES string of the molecule is FC(F)(F)C(F)(F)[C@@](F)(C[C@@H]1CO1)C(F)(F)F. The molecule has 0 spiro atoms. The molecule has 0 radical (unpaired) electrons. The van der Waals surface area contributed by atoms with Gasteiger partial charge in [-0.05, 0) is 0 Å². The second kappa shape index (κ2) is 3.66. The van der Waals surface area contributed by atoms with Crippen molar-refractivity contribution in [2.24, 2.45) is 0 Å². The van der Waals surface area contributed by atoms with Gasteiger partial charge in [0.15, 0.2) is 0 Å². The standard InChI is InChI=1S/C7H5F9O/c8-4(6(11,12)13,1-3-2-17-3)5(9,10)7(14,15)16/h3H,1-2H2/t3-,4+/m1/s1. The Hall–Kier alpha value is -0.670. The van der Waals surface area contributed by atoms with Crippen molar-refractivity contribution in [1.29, 1.82) is 0 Å². The van der Waals surface area contributed by atoms with Gasteiger partial charge in [-0.2, -0.15) is 35.1 Å². The Kier molecular flexibility index (Phi) is 3.10. The summed E-state index contributed by atoms with van der Waals surface area (Å²) in [7, 11) is 0. The highest BCUT2D eigenvalue weighted by atomic mass is 19.4. The lowest BCUT2D eigenvalue weighted by atomic mass is 9.91. The number of hydrogen-bond donors (Lipinski definition) is 0. The zero-order chi connectivity index (χ0) is 13.7. The van der Waals surface area contributed by atoms with Crippen LogP contribution in [0.25, 0.3) is 0 Å². The fourth-order valence-electron chi connectivity index (χ4n) is 1.15. The normalized spacial score (nSPS) is 25.6. The van der Waals surface area contributed by atoms with Gasteiger partial charge < -0.3 is 4.74 Å².